The van der Waals surface area contributed by atoms with Crippen molar-refractivity contribution in [2.45, 2.75) is 65.5 Å². The SMILES string of the molecule is CCOC(c1ncc2c(n1)CCCCC2NC)C(C)(C)C. The van der Waals surface area contributed by atoms with Crippen LogP contribution in [0.15, 0.2) is 6.20 Å². The Morgan fingerprint density at radius 1 is 1.38 bits per heavy atom. The maximum Gasteiger partial charge on any atom is 0.157 e. The van der Waals surface area contributed by atoms with Crippen molar-refractivity contribution < 1.29 is 4.74 Å². The fraction of sp³-hybridized carbons (Fsp3) is 0.765. The Labute approximate surface area is 128 Å². The molecule has 0 aliphatic heterocycles. The smallest absolute Gasteiger partial charge is 0.157 e. The molecule has 2 rings (SSSR count). The van der Waals surface area contributed by atoms with Gasteiger partial charge < -0.3 is 10.1 Å². The van der Waals surface area contributed by atoms with Crippen molar-refractivity contribution in [3.63, 3.8) is 0 Å². The van der Waals surface area contributed by atoms with Gasteiger partial charge in [-0.3, -0.25) is 0 Å². The minimum atomic E-state index is -0.0518. The van der Waals surface area contributed by atoms with Crippen LogP contribution in [0.1, 0.15) is 76.2 Å². The van der Waals surface area contributed by atoms with Crippen molar-refractivity contribution in [1.82, 2.24) is 15.3 Å². The van der Waals surface area contributed by atoms with Gasteiger partial charge in [0, 0.05) is 30.1 Å². The summed E-state index contributed by atoms with van der Waals surface area (Å²) in [5.74, 6) is 0.833. The lowest BCUT2D eigenvalue weighted by molar-refractivity contribution is -0.0193. The second-order valence-electron chi connectivity index (χ2n) is 6.92. The highest BCUT2D eigenvalue weighted by molar-refractivity contribution is 5.24. The lowest BCUT2D eigenvalue weighted by Gasteiger charge is -2.29. The van der Waals surface area contributed by atoms with Gasteiger partial charge in [0.2, 0.25) is 0 Å². The van der Waals surface area contributed by atoms with Gasteiger partial charge in [-0.25, -0.2) is 9.97 Å². The average Bonchev–Trinajstić information content (AvgIpc) is 2.64. The molecular formula is C17H29N3O. The van der Waals surface area contributed by atoms with Crippen molar-refractivity contribution in [3.8, 4) is 0 Å². The first-order valence-electron chi connectivity index (χ1n) is 8.12. The molecule has 1 aliphatic rings. The van der Waals surface area contributed by atoms with Crippen LogP contribution < -0.4 is 5.32 Å². The topological polar surface area (TPSA) is 47.0 Å². The van der Waals surface area contributed by atoms with Crippen LogP contribution in [0, 0.1) is 5.41 Å². The molecule has 1 aliphatic carbocycles. The number of aromatic nitrogens is 2. The molecule has 4 nitrogen and oxygen atoms in total. The second kappa shape index (κ2) is 6.84. The van der Waals surface area contributed by atoms with Gasteiger partial charge >= 0.3 is 0 Å². The van der Waals surface area contributed by atoms with Crippen LogP contribution in [-0.2, 0) is 11.2 Å². The maximum atomic E-state index is 5.93. The van der Waals surface area contributed by atoms with E-state index in [1.165, 1.54) is 30.5 Å². The van der Waals surface area contributed by atoms with E-state index in [4.69, 9.17) is 9.72 Å². The Hall–Kier alpha value is -1.00. The first-order valence-corrected chi connectivity index (χ1v) is 8.12. The maximum absolute atomic E-state index is 5.93. The summed E-state index contributed by atoms with van der Waals surface area (Å²) in [7, 11) is 2.02. The second-order valence-corrected chi connectivity index (χ2v) is 6.92. The summed E-state index contributed by atoms with van der Waals surface area (Å²) in [5.41, 5.74) is 2.46. The molecule has 1 aromatic rings. The standard InChI is InChI=1S/C17H29N3O/c1-6-21-15(17(2,3)4)16-19-11-12-13(18-5)9-7-8-10-14(12)20-16/h11,13,15,18H,6-10H2,1-5H3. The highest BCUT2D eigenvalue weighted by atomic mass is 16.5. The normalized spacial score (nSPS) is 20.7. The molecule has 2 atom stereocenters. The molecule has 0 saturated heterocycles. The summed E-state index contributed by atoms with van der Waals surface area (Å²) in [6, 6.07) is 0.386. The largest absolute Gasteiger partial charge is 0.370 e. The molecule has 0 radical (unpaired) electrons. The lowest BCUT2D eigenvalue weighted by Crippen LogP contribution is -2.25. The zero-order chi connectivity index (χ0) is 15.5. The van der Waals surface area contributed by atoms with E-state index in [0.717, 1.165) is 12.2 Å². The van der Waals surface area contributed by atoms with Crippen LogP contribution in [-0.4, -0.2) is 23.6 Å². The Kier molecular flexibility index (Phi) is 5.33. The van der Waals surface area contributed by atoms with Gasteiger partial charge in [-0.05, 0) is 38.6 Å². The Morgan fingerprint density at radius 3 is 2.76 bits per heavy atom. The molecule has 0 bridgehead atoms. The monoisotopic (exact) mass is 291 g/mol. The van der Waals surface area contributed by atoms with E-state index in [1.807, 2.05) is 20.2 Å². The van der Waals surface area contributed by atoms with Gasteiger partial charge in [0.25, 0.3) is 0 Å². The lowest BCUT2D eigenvalue weighted by atomic mass is 9.88. The number of aryl methyl sites for hydroxylation is 1. The molecule has 0 saturated carbocycles. The molecule has 1 heterocycles. The van der Waals surface area contributed by atoms with Crippen LogP contribution in [0.5, 0.6) is 0 Å². The molecule has 1 N–H and O–H groups in total. The van der Waals surface area contributed by atoms with Gasteiger partial charge in [0.05, 0.1) is 0 Å². The predicted octanol–water partition coefficient (Wildman–Crippen LogP) is 3.59. The molecule has 1 aromatic heterocycles. The zero-order valence-corrected chi connectivity index (χ0v) is 14.1. The third kappa shape index (κ3) is 3.80. The highest BCUT2D eigenvalue weighted by Gasteiger charge is 2.30. The van der Waals surface area contributed by atoms with Crippen molar-refractivity contribution >= 4 is 0 Å². The first-order chi connectivity index (χ1) is 9.97. The van der Waals surface area contributed by atoms with E-state index in [-0.39, 0.29) is 11.5 Å². The van der Waals surface area contributed by atoms with E-state index in [9.17, 15) is 0 Å². The number of nitrogens with zero attached hydrogens (tertiary/aromatic N) is 2. The Morgan fingerprint density at radius 2 is 2.14 bits per heavy atom. The summed E-state index contributed by atoms with van der Waals surface area (Å²) in [6.45, 7) is 9.25. The zero-order valence-electron chi connectivity index (χ0n) is 14.1. The number of ether oxygens (including phenoxy) is 1. The average molecular weight is 291 g/mol. The quantitative estimate of drug-likeness (QED) is 0.861. The van der Waals surface area contributed by atoms with Crippen molar-refractivity contribution in [2.24, 2.45) is 5.41 Å². The molecule has 4 heteroatoms. The van der Waals surface area contributed by atoms with Gasteiger partial charge in [-0.2, -0.15) is 0 Å². The van der Waals surface area contributed by atoms with Gasteiger partial charge in [-0.1, -0.05) is 27.2 Å². The minimum absolute atomic E-state index is 0.00260. The van der Waals surface area contributed by atoms with Crippen molar-refractivity contribution in [1.29, 1.82) is 0 Å². The van der Waals surface area contributed by atoms with Crippen molar-refractivity contribution in [2.75, 3.05) is 13.7 Å². The highest BCUT2D eigenvalue weighted by Crippen LogP contribution is 2.35. The van der Waals surface area contributed by atoms with E-state index in [0.29, 0.717) is 12.6 Å². The number of fused-ring (bicyclic) bond motifs is 1. The van der Waals surface area contributed by atoms with Crippen LogP contribution in [0.3, 0.4) is 0 Å². The fourth-order valence-electron chi connectivity index (χ4n) is 3.03. The summed E-state index contributed by atoms with van der Waals surface area (Å²) in [4.78, 5) is 9.52. The minimum Gasteiger partial charge on any atom is -0.370 e. The molecular weight excluding hydrogens is 262 g/mol. The molecule has 21 heavy (non-hydrogen) atoms. The molecule has 0 aromatic carbocycles. The molecule has 0 spiro atoms. The Balaban J connectivity index is 2.36. The van der Waals surface area contributed by atoms with Crippen LogP contribution in [0.25, 0.3) is 0 Å². The van der Waals surface area contributed by atoms with Crippen molar-refractivity contribution in [3.05, 3.63) is 23.3 Å². The molecule has 118 valence electrons. The van der Waals surface area contributed by atoms with Crippen LogP contribution in [0.4, 0.5) is 0 Å². The van der Waals surface area contributed by atoms with Crippen LogP contribution in [0.2, 0.25) is 0 Å². The number of nitrogens with one attached hydrogen (secondary N) is 1. The number of rotatable bonds is 4. The van der Waals surface area contributed by atoms with Crippen LogP contribution >= 0.6 is 0 Å². The fourth-order valence-corrected chi connectivity index (χ4v) is 3.03. The number of hydrogen-bond acceptors (Lipinski definition) is 4. The summed E-state index contributed by atoms with van der Waals surface area (Å²) in [5, 5.41) is 3.39. The third-order valence-corrected chi connectivity index (χ3v) is 4.15. The summed E-state index contributed by atoms with van der Waals surface area (Å²) < 4.78 is 5.93. The third-order valence-electron chi connectivity index (χ3n) is 4.15. The van der Waals surface area contributed by atoms with E-state index < -0.39 is 0 Å². The summed E-state index contributed by atoms with van der Waals surface area (Å²) >= 11 is 0. The van der Waals surface area contributed by atoms with Gasteiger partial charge in [0.15, 0.2) is 5.82 Å². The first kappa shape index (κ1) is 16.4. The van der Waals surface area contributed by atoms with E-state index in [1.54, 1.807) is 0 Å². The molecule has 0 amide bonds. The summed E-state index contributed by atoms with van der Waals surface area (Å²) in [6.07, 6.45) is 6.62. The Bertz CT molecular complexity index is 468. The van der Waals surface area contributed by atoms with Gasteiger partial charge in [-0.15, -0.1) is 0 Å². The van der Waals surface area contributed by atoms with Gasteiger partial charge in [0.1, 0.15) is 6.10 Å². The van der Waals surface area contributed by atoms with E-state index in [2.05, 4.69) is 31.1 Å². The molecule has 2 unspecified atom stereocenters. The predicted molar refractivity (Wildman–Crippen MR) is 85.2 cm³/mol. The van der Waals surface area contributed by atoms with E-state index >= 15 is 0 Å². The molecule has 0 fully saturated rings. The number of hydrogen-bond donors (Lipinski definition) is 1.